The lowest BCUT2D eigenvalue weighted by Crippen LogP contribution is -2.07. The van der Waals surface area contributed by atoms with Gasteiger partial charge in [0.15, 0.2) is 0 Å². The van der Waals surface area contributed by atoms with Gasteiger partial charge in [-0.15, -0.1) is 0 Å². The summed E-state index contributed by atoms with van der Waals surface area (Å²) in [5.41, 5.74) is 2.59. The van der Waals surface area contributed by atoms with E-state index in [4.69, 9.17) is 4.74 Å². The minimum absolute atomic E-state index is 0.390. The Morgan fingerprint density at radius 1 is 1.32 bits per heavy atom. The van der Waals surface area contributed by atoms with Gasteiger partial charge in [-0.1, -0.05) is 24.3 Å². The maximum absolute atomic E-state index is 11.9. The minimum atomic E-state index is 0.390. The third-order valence-electron chi connectivity index (χ3n) is 3.94. The number of benzene rings is 1. The number of aryl methyl sites for hydroxylation is 2. The van der Waals surface area contributed by atoms with Gasteiger partial charge in [0, 0.05) is 19.4 Å². The molecule has 19 heavy (non-hydrogen) atoms. The highest BCUT2D eigenvalue weighted by Crippen LogP contribution is 2.18. The first-order chi connectivity index (χ1) is 9.25. The molecule has 1 aromatic carbocycles. The maximum atomic E-state index is 11.9. The van der Waals surface area contributed by atoms with Crippen LogP contribution in [-0.2, 0) is 16.0 Å². The van der Waals surface area contributed by atoms with E-state index >= 15 is 0 Å². The van der Waals surface area contributed by atoms with Crippen molar-refractivity contribution in [3.63, 3.8) is 0 Å². The molecular weight excluding hydrogens is 236 g/mol. The monoisotopic (exact) mass is 260 g/mol. The van der Waals surface area contributed by atoms with Gasteiger partial charge in [-0.05, 0) is 50.2 Å². The molecule has 1 aromatic rings. The van der Waals surface area contributed by atoms with E-state index < -0.39 is 0 Å². The molecule has 0 radical (unpaired) electrons. The topological polar surface area (TPSA) is 26.3 Å². The molecule has 0 aromatic heterocycles. The van der Waals surface area contributed by atoms with Crippen LogP contribution >= 0.6 is 0 Å². The summed E-state index contributed by atoms with van der Waals surface area (Å²) in [5, 5.41) is 0. The summed E-state index contributed by atoms with van der Waals surface area (Å²) in [5.74, 6) is 0.390. The molecule has 0 aliphatic carbocycles. The molecule has 1 saturated heterocycles. The van der Waals surface area contributed by atoms with Crippen LogP contribution in [0.2, 0.25) is 0 Å². The zero-order valence-corrected chi connectivity index (χ0v) is 11.9. The van der Waals surface area contributed by atoms with Gasteiger partial charge < -0.3 is 4.74 Å². The molecule has 0 spiro atoms. The second-order valence-electron chi connectivity index (χ2n) is 5.49. The molecule has 1 aliphatic rings. The number of hydrogen-bond acceptors (Lipinski definition) is 2. The smallest absolute Gasteiger partial charge is 0.133 e. The molecule has 1 atom stereocenters. The Balaban J connectivity index is 1.63. The van der Waals surface area contributed by atoms with Crippen LogP contribution in [0.5, 0.6) is 0 Å². The Morgan fingerprint density at radius 2 is 2.16 bits per heavy atom. The first-order valence-electron chi connectivity index (χ1n) is 7.43. The molecule has 2 rings (SSSR count). The summed E-state index contributed by atoms with van der Waals surface area (Å²) in [6.45, 7) is 3.02. The lowest BCUT2D eigenvalue weighted by molar-refractivity contribution is -0.119. The molecule has 1 aliphatic heterocycles. The fraction of sp³-hybridized carbons (Fsp3) is 0.588. The molecule has 0 saturated carbocycles. The molecule has 0 N–H and O–H groups in total. The highest BCUT2D eigenvalue weighted by Gasteiger charge is 2.15. The zero-order chi connectivity index (χ0) is 13.5. The Hall–Kier alpha value is -1.15. The summed E-state index contributed by atoms with van der Waals surface area (Å²) in [6, 6.07) is 8.32. The van der Waals surface area contributed by atoms with Crippen LogP contribution in [0.25, 0.3) is 0 Å². The van der Waals surface area contributed by atoms with Crippen molar-refractivity contribution in [3.8, 4) is 0 Å². The van der Waals surface area contributed by atoms with Gasteiger partial charge in [0.1, 0.15) is 5.78 Å². The quantitative estimate of drug-likeness (QED) is 0.744. The number of rotatable bonds is 7. The average Bonchev–Trinajstić information content (AvgIpc) is 2.91. The van der Waals surface area contributed by atoms with Crippen LogP contribution in [0, 0.1) is 6.92 Å². The predicted molar refractivity (Wildman–Crippen MR) is 77.3 cm³/mol. The molecule has 1 heterocycles. The molecule has 104 valence electrons. The fourth-order valence-electron chi connectivity index (χ4n) is 2.69. The maximum Gasteiger partial charge on any atom is 0.133 e. The number of Topliss-reactive ketones (excluding diaryl/α,β-unsaturated/α-hetero) is 1. The number of ether oxygens (including phenoxy) is 1. The third kappa shape index (κ3) is 4.79. The fourth-order valence-corrected chi connectivity index (χ4v) is 2.69. The van der Waals surface area contributed by atoms with Crippen molar-refractivity contribution in [1.29, 1.82) is 0 Å². The largest absolute Gasteiger partial charge is 0.378 e. The van der Waals surface area contributed by atoms with Crippen LogP contribution in [0.4, 0.5) is 0 Å². The van der Waals surface area contributed by atoms with E-state index in [2.05, 4.69) is 19.1 Å². The Morgan fingerprint density at radius 3 is 2.89 bits per heavy atom. The van der Waals surface area contributed by atoms with E-state index in [0.29, 0.717) is 24.7 Å². The summed E-state index contributed by atoms with van der Waals surface area (Å²) < 4.78 is 5.57. The molecule has 1 unspecified atom stereocenters. The summed E-state index contributed by atoms with van der Waals surface area (Å²) in [7, 11) is 0. The zero-order valence-electron chi connectivity index (χ0n) is 11.9. The van der Waals surface area contributed by atoms with Gasteiger partial charge in [0.2, 0.25) is 0 Å². The second-order valence-corrected chi connectivity index (χ2v) is 5.49. The highest BCUT2D eigenvalue weighted by atomic mass is 16.5. The Kier molecular flexibility index (Phi) is 5.59. The van der Waals surface area contributed by atoms with Crippen molar-refractivity contribution >= 4 is 5.78 Å². The lowest BCUT2D eigenvalue weighted by atomic mass is 10.00. The van der Waals surface area contributed by atoms with E-state index in [1.54, 1.807) is 0 Å². The van der Waals surface area contributed by atoms with Gasteiger partial charge in [-0.25, -0.2) is 0 Å². The summed E-state index contributed by atoms with van der Waals surface area (Å²) in [6.07, 6.45) is 7.09. The van der Waals surface area contributed by atoms with Crippen molar-refractivity contribution in [2.75, 3.05) is 6.61 Å². The average molecular weight is 260 g/mol. The molecule has 2 heteroatoms. The van der Waals surface area contributed by atoms with E-state index in [1.165, 1.54) is 24.0 Å². The van der Waals surface area contributed by atoms with E-state index in [-0.39, 0.29) is 0 Å². The predicted octanol–water partition coefficient (Wildman–Crippen LogP) is 3.85. The van der Waals surface area contributed by atoms with Crippen LogP contribution in [0.3, 0.4) is 0 Å². The SMILES string of the molecule is Cc1ccccc1CCC(=O)CCCC1CCCO1. The first kappa shape index (κ1) is 14.3. The minimum Gasteiger partial charge on any atom is -0.378 e. The lowest BCUT2D eigenvalue weighted by Gasteiger charge is -2.08. The van der Waals surface area contributed by atoms with Crippen molar-refractivity contribution in [2.45, 2.75) is 58.0 Å². The number of ketones is 1. The second kappa shape index (κ2) is 7.44. The normalized spacial score (nSPS) is 18.7. The van der Waals surface area contributed by atoms with Gasteiger partial charge in [-0.2, -0.15) is 0 Å². The number of carbonyl (C=O) groups excluding carboxylic acids is 1. The van der Waals surface area contributed by atoms with Gasteiger partial charge in [0.05, 0.1) is 6.10 Å². The van der Waals surface area contributed by atoms with Crippen molar-refractivity contribution in [2.24, 2.45) is 0 Å². The number of carbonyl (C=O) groups is 1. The van der Waals surface area contributed by atoms with Crippen LogP contribution in [0.1, 0.15) is 49.7 Å². The molecule has 0 bridgehead atoms. The van der Waals surface area contributed by atoms with Gasteiger partial charge in [0.25, 0.3) is 0 Å². The first-order valence-corrected chi connectivity index (χ1v) is 7.43. The summed E-state index contributed by atoms with van der Waals surface area (Å²) in [4.78, 5) is 11.9. The van der Waals surface area contributed by atoms with E-state index in [1.807, 2.05) is 12.1 Å². The van der Waals surface area contributed by atoms with Crippen molar-refractivity contribution in [3.05, 3.63) is 35.4 Å². The number of hydrogen-bond donors (Lipinski definition) is 0. The molecule has 2 nitrogen and oxygen atoms in total. The van der Waals surface area contributed by atoms with Gasteiger partial charge in [-0.3, -0.25) is 4.79 Å². The van der Waals surface area contributed by atoms with Crippen LogP contribution in [-0.4, -0.2) is 18.5 Å². The van der Waals surface area contributed by atoms with Crippen LogP contribution in [0.15, 0.2) is 24.3 Å². The third-order valence-corrected chi connectivity index (χ3v) is 3.94. The highest BCUT2D eigenvalue weighted by molar-refractivity contribution is 5.78. The summed E-state index contributed by atoms with van der Waals surface area (Å²) >= 11 is 0. The molecular formula is C17H24O2. The van der Waals surface area contributed by atoms with Crippen molar-refractivity contribution < 1.29 is 9.53 Å². The Labute approximate surface area is 116 Å². The molecule has 0 amide bonds. The molecule has 1 fully saturated rings. The van der Waals surface area contributed by atoms with Crippen molar-refractivity contribution in [1.82, 2.24) is 0 Å². The van der Waals surface area contributed by atoms with E-state index in [9.17, 15) is 4.79 Å². The van der Waals surface area contributed by atoms with E-state index in [0.717, 1.165) is 25.9 Å². The Bertz CT molecular complexity index is 405. The standard InChI is InChI=1S/C17H24O2/c1-14-6-2-3-7-15(14)11-12-16(18)8-4-9-17-10-5-13-19-17/h2-3,6-7,17H,4-5,8-13H2,1H3. The van der Waals surface area contributed by atoms with Gasteiger partial charge >= 0.3 is 0 Å². The van der Waals surface area contributed by atoms with Crippen LogP contribution < -0.4 is 0 Å².